The minimum absolute atomic E-state index is 0.0511. The number of nitrogens with one attached hydrogen (secondary N) is 1. The van der Waals surface area contributed by atoms with Crippen LogP contribution in [0.15, 0.2) is 140 Å². The molecule has 0 saturated heterocycles. The van der Waals surface area contributed by atoms with Gasteiger partial charge in [-0.1, -0.05) is 133 Å². The van der Waals surface area contributed by atoms with Gasteiger partial charge in [-0.25, -0.2) is 9.59 Å². The summed E-state index contributed by atoms with van der Waals surface area (Å²) in [6.07, 6.45) is -0.421. The number of aryl methyl sites for hydroxylation is 1. The first-order valence-electron chi connectivity index (χ1n) is 16.5. The Hall–Kier alpha value is -5.88. The fraction of sp³-hybridized carbons (Fsp3) is 0.163. The van der Waals surface area contributed by atoms with E-state index in [2.05, 4.69) is 60.8 Å². The molecule has 0 radical (unpaired) electrons. The van der Waals surface area contributed by atoms with Crippen molar-refractivity contribution in [1.29, 1.82) is 0 Å². The van der Waals surface area contributed by atoms with Gasteiger partial charge in [0.2, 0.25) is 0 Å². The average Bonchev–Trinajstić information content (AvgIpc) is 3.46. The Balaban J connectivity index is 1.02. The molecule has 0 bridgehead atoms. The summed E-state index contributed by atoms with van der Waals surface area (Å²) in [6, 6.07) is 45.0. The predicted octanol–water partition coefficient (Wildman–Crippen LogP) is 8.92. The van der Waals surface area contributed by atoms with Crippen LogP contribution in [0.25, 0.3) is 21.9 Å². The molecule has 6 heteroatoms. The summed E-state index contributed by atoms with van der Waals surface area (Å²) in [5.74, 6) is 0.0907. The van der Waals surface area contributed by atoms with Gasteiger partial charge in [-0.05, 0) is 68.8 Å². The Kier molecular flexibility index (Phi) is 9.37. The van der Waals surface area contributed by atoms with E-state index in [1.54, 1.807) is 0 Å². The lowest BCUT2D eigenvalue weighted by molar-refractivity contribution is -0.147. The minimum Gasteiger partial charge on any atom is -0.489 e. The van der Waals surface area contributed by atoms with Crippen molar-refractivity contribution >= 4 is 22.8 Å². The highest BCUT2D eigenvalue weighted by Crippen LogP contribution is 2.44. The van der Waals surface area contributed by atoms with Crippen molar-refractivity contribution in [3.05, 3.63) is 173 Å². The minimum atomic E-state index is -0.960. The second-order valence-corrected chi connectivity index (χ2v) is 12.4. The fourth-order valence-corrected chi connectivity index (χ4v) is 6.45. The van der Waals surface area contributed by atoms with E-state index in [9.17, 15) is 9.59 Å². The molecular weight excluding hydrogens is 610 g/mol. The number of hydrogen-bond acceptors (Lipinski definition) is 5. The Morgan fingerprint density at radius 3 is 2.00 bits per heavy atom. The molecule has 0 heterocycles. The third kappa shape index (κ3) is 7.34. The number of ether oxygens (including phenoxy) is 3. The molecule has 0 fully saturated rings. The van der Waals surface area contributed by atoms with Crippen molar-refractivity contribution < 1.29 is 23.8 Å². The van der Waals surface area contributed by atoms with Crippen LogP contribution in [0.1, 0.15) is 39.3 Å². The van der Waals surface area contributed by atoms with Crippen molar-refractivity contribution in [1.82, 2.24) is 5.32 Å². The van der Waals surface area contributed by atoms with Crippen molar-refractivity contribution in [2.24, 2.45) is 0 Å². The van der Waals surface area contributed by atoms with Crippen molar-refractivity contribution in [3.8, 4) is 16.9 Å². The highest BCUT2D eigenvalue weighted by Gasteiger charge is 2.30. The summed E-state index contributed by atoms with van der Waals surface area (Å²) in [4.78, 5) is 26.9. The Morgan fingerprint density at radius 1 is 0.653 bits per heavy atom. The second kappa shape index (κ2) is 14.5. The number of benzene rings is 6. The lowest BCUT2D eigenvalue weighted by atomic mass is 9.98. The van der Waals surface area contributed by atoms with Crippen molar-refractivity contribution in [2.45, 2.75) is 38.5 Å². The summed E-state index contributed by atoms with van der Waals surface area (Å²) in [5, 5.41) is 4.89. The SMILES string of the molecule is Cc1ccc(COc2ccc(COC(=O)[C@H](Cc3cccc4ccccc34)NC(=O)OCC3c4ccccc4-c4ccccc43)cc2)cc1. The van der Waals surface area contributed by atoms with Crippen LogP contribution in [0.2, 0.25) is 0 Å². The van der Waals surface area contributed by atoms with E-state index in [1.165, 1.54) is 5.56 Å². The van der Waals surface area contributed by atoms with Crippen LogP contribution in [0.5, 0.6) is 5.75 Å². The summed E-state index contributed by atoms with van der Waals surface area (Å²) < 4.78 is 17.5. The van der Waals surface area contributed by atoms with Gasteiger partial charge < -0.3 is 19.5 Å². The molecule has 0 spiro atoms. The number of amides is 1. The predicted molar refractivity (Wildman–Crippen MR) is 191 cm³/mol. The number of carbonyl (C=O) groups is 2. The standard InChI is InChI=1S/C43H37NO5/c1-29-17-19-30(20-18-29)26-47-34-23-21-31(22-24-34)27-48-42(45)41(25-33-11-8-10-32-9-2-3-12-35(32)33)44-43(46)49-28-40-38-15-6-4-13-36(38)37-14-5-7-16-39(37)40/h2-24,40-41H,25-28H2,1H3,(H,44,46)/t41-/m0/s1. The van der Waals surface area contributed by atoms with Gasteiger partial charge in [0, 0.05) is 12.3 Å². The van der Waals surface area contributed by atoms with E-state index in [0.29, 0.717) is 6.61 Å². The molecular formula is C43H37NO5. The number of carbonyl (C=O) groups excluding carboxylic acids is 2. The first-order valence-corrected chi connectivity index (χ1v) is 16.5. The lowest BCUT2D eigenvalue weighted by Gasteiger charge is -2.20. The quantitative estimate of drug-likeness (QED) is 0.142. The largest absolute Gasteiger partial charge is 0.489 e. The molecule has 6 nitrogen and oxygen atoms in total. The normalized spacial score (nSPS) is 12.5. The zero-order valence-electron chi connectivity index (χ0n) is 27.3. The van der Waals surface area contributed by atoms with Crippen molar-refractivity contribution in [3.63, 3.8) is 0 Å². The van der Waals surface area contributed by atoms with Crippen LogP contribution >= 0.6 is 0 Å². The molecule has 0 aromatic heterocycles. The highest BCUT2D eigenvalue weighted by atomic mass is 16.6. The lowest BCUT2D eigenvalue weighted by Crippen LogP contribution is -2.44. The van der Waals surface area contributed by atoms with Gasteiger partial charge in [-0.3, -0.25) is 0 Å². The second-order valence-electron chi connectivity index (χ2n) is 12.4. The van der Waals surface area contributed by atoms with E-state index in [1.807, 2.05) is 91.0 Å². The van der Waals surface area contributed by atoms with Gasteiger partial charge in [-0.2, -0.15) is 0 Å². The average molecular weight is 648 g/mol. The molecule has 1 aliphatic rings. The number of fused-ring (bicyclic) bond motifs is 4. The molecule has 6 aromatic rings. The molecule has 1 N–H and O–H groups in total. The smallest absolute Gasteiger partial charge is 0.407 e. The Morgan fingerprint density at radius 2 is 1.27 bits per heavy atom. The number of alkyl carbamates (subject to hydrolysis) is 1. The molecule has 49 heavy (non-hydrogen) atoms. The van der Waals surface area contributed by atoms with Crippen LogP contribution in [0.4, 0.5) is 4.79 Å². The van der Waals surface area contributed by atoms with Crippen molar-refractivity contribution in [2.75, 3.05) is 6.61 Å². The van der Waals surface area contributed by atoms with Gasteiger partial charge in [0.05, 0.1) is 0 Å². The van der Waals surface area contributed by atoms with Gasteiger partial charge in [0.15, 0.2) is 0 Å². The molecule has 1 aliphatic carbocycles. The van der Waals surface area contributed by atoms with Gasteiger partial charge in [0.25, 0.3) is 0 Å². The number of hydrogen-bond donors (Lipinski definition) is 1. The van der Waals surface area contributed by atoms with Gasteiger partial charge >= 0.3 is 12.1 Å². The molecule has 1 amide bonds. The van der Waals surface area contributed by atoms with Crippen LogP contribution < -0.4 is 10.1 Å². The van der Waals surface area contributed by atoms with E-state index in [0.717, 1.165) is 55.5 Å². The number of rotatable bonds is 11. The van der Waals surface area contributed by atoms with E-state index in [4.69, 9.17) is 14.2 Å². The monoisotopic (exact) mass is 647 g/mol. The van der Waals surface area contributed by atoms with Crippen LogP contribution in [-0.2, 0) is 33.9 Å². The van der Waals surface area contributed by atoms with Gasteiger partial charge in [-0.15, -0.1) is 0 Å². The van der Waals surface area contributed by atoms with Crippen LogP contribution in [-0.4, -0.2) is 24.7 Å². The molecule has 0 unspecified atom stereocenters. The first kappa shape index (κ1) is 31.7. The van der Waals surface area contributed by atoms with E-state index in [-0.39, 0.29) is 25.6 Å². The molecule has 244 valence electrons. The Labute approximate surface area is 286 Å². The summed E-state index contributed by atoms with van der Waals surface area (Å²) in [6.45, 7) is 2.72. The zero-order valence-corrected chi connectivity index (χ0v) is 27.3. The molecule has 7 rings (SSSR count). The topological polar surface area (TPSA) is 73.9 Å². The third-order valence-corrected chi connectivity index (χ3v) is 9.05. The molecule has 1 atom stereocenters. The summed E-state index contributed by atoms with van der Waals surface area (Å²) in [5.41, 5.74) is 8.56. The molecule has 0 aliphatic heterocycles. The summed E-state index contributed by atoms with van der Waals surface area (Å²) in [7, 11) is 0. The molecule has 6 aromatic carbocycles. The fourth-order valence-electron chi connectivity index (χ4n) is 6.45. The van der Waals surface area contributed by atoms with E-state index >= 15 is 0 Å². The third-order valence-electron chi connectivity index (χ3n) is 9.05. The number of esters is 1. The molecule has 0 saturated carbocycles. The highest BCUT2D eigenvalue weighted by molar-refractivity contribution is 5.88. The maximum Gasteiger partial charge on any atom is 0.407 e. The van der Waals surface area contributed by atoms with Crippen LogP contribution in [0, 0.1) is 6.92 Å². The van der Waals surface area contributed by atoms with Gasteiger partial charge in [0.1, 0.15) is 31.6 Å². The van der Waals surface area contributed by atoms with E-state index < -0.39 is 18.1 Å². The zero-order chi connectivity index (χ0) is 33.6. The Bertz CT molecular complexity index is 2040. The first-order chi connectivity index (χ1) is 24.0. The summed E-state index contributed by atoms with van der Waals surface area (Å²) >= 11 is 0. The van der Waals surface area contributed by atoms with Crippen LogP contribution in [0.3, 0.4) is 0 Å². The maximum atomic E-state index is 13.6. The maximum absolute atomic E-state index is 13.6.